The first kappa shape index (κ1) is 14.3. The molecule has 0 fully saturated rings. The van der Waals surface area contributed by atoms with E-state index in [2.05, 4.69) is 4.98 Å². The van der Waals surface area contributed by atoms with E-state index < -0.39 is 11.7 Å². The summed E-state index contributed by atoms with van der Waals surface area (Å²) in [5.41, 5.74) is -0.380. The van der Waals surface area contributed by atoms with Crippen molar-refractivity contribution in [2.24, 2.45) is 0 Å². The molecule has 0 aromatic carbocycles. The number of aromatic nitrogens is 1. The van der Waals surface area contributed by atoms with Crippen molar-refractivity contribution >= 4 is 11.6 Å². The van der Waals surface area contributed by atoms with Crippen molar-refractivity contribution in [1.29, 1.82) is 0 Å². The molecular weight excluding hydrogens is 251 g/mol. The summed E-state index contributed by atoms with van der Waals surface area (Å²) < 4.78 is 38.0. The van der Waals surface area contributed by atoms with Crippen molar-refractivity contribution in [3.05, 3.63) is 29.6 Å². The van der Waals surface area contributed by atoms with Crippen LogP contribution in [0.4, 0.5) is 13.2 Å². The number of nitrogens with zero attached hydrogens (tertiary/aromatic N) is 1. The molecule has 0 N–H and O–H groups in total. The van der Waals surface area contributed by atoms with Crippen molar-refractivity contribution in [2.45, 2.75) is 44.2 Å². The van der Waals surface area contributed by atoms with Crippen LogP contribution in [0.1, 0.15) is 37.3 Å². The Kier molecular flexibility index (Phi) is 5.25. The van der Waals surface area contributed by atoms with Gasteiger partial charge in [0.15, 0.2) is 0 Å². The van der Waals surface area contributed by atoms with Crippen LogP contribution in [-0.2, 0) is 12.6 Å². The average molecular weight is 266 g/mol. The Morgan fingerprint density at radius 1 is 1.35 bits per heavy atom. The molecule has 1 aromatic heterocycles. The van der Waals surface area contributed by atoms with Crippen molar-refractivity contribution in [3.63, 3.8) is 0 Å². The summed E-state index contributed by atoms with van der Waals surface area (Å²) in [6.45, 7) is 2.00. The van der Waals surface area contributed by atoms with Gasteiger partial charge in [-0.2, -0.15) is 13.2 Å². The largest absolute Gasteiger partial charge is 0.416 e. The second kappa shape index (κ2) is 6.24. The Labute approximate surface area is 104 Å². The molecule has 1 aromatic rings. The van der Waals surface area contributed by atoms with Gasteiger partial charge in [-0.3, -0.25) is 4.98 Å². The lowest BCUT2D eigenvalue weighted by Gasteiger charge is -2.13. The molecule has 0 saturated carbocycles. The Bertz CT molecular complexity index is 352. The first-order valence-electron chi connectivity index (χ1n) is 5.59. The summed E-state index contributed by atoms with van der Waals surface area (Å²) in [4.78, 5) is 3.74. The van der Waals surface area contributed by atoms with Crippen LogP contribution >= 0.6 is 11.6 Å². The molecule has 0 bridgehead atoms. The third-order valence-corrected chi connectivity index (χ3v) is 2.97. The van der Waals surface area contributed by atoms with E-state index in [1.54, 1.807) is 0 Å². The Morgan fingerprint density at radius 2 is 2.06 bits per heavy atom. The summed E-state index contributed by atoms with van der Waals surface area (Å²) in [5, 5.41) is -0.0683. The average Bonchev–Trinajstić information content (AvgIpc) is 2.26. The first-order chi connectivity index (χ1) is 7.95. The summed E-state index contributed by atoms with van der Waals surface area (Å²) in [6.07, 6.45) is 0.747. The molecule has 0 spiro atoms. The molecule has 1 heterocycles. The fourth-order valence-electron chi connectivity index (χ4n) is 1.67. The molecule has 17 heavy (non-hydrogen) atoms. The normalized spacial score (nSPS) is 13.7. The van der Waals surface area contributed by atoms with E-state index in [0.717, 1.165) is 25.1 Å². The van der Waals surface area contributed by atoms with Crippen molar-refractivity contribution in [1.82, 2.24) is 4.98 Å². The third-order valence-electron chi connectivity index (χ3n) is 2.54. The minimum absolute atomic E-state index is 0.0683. The molecule has 1 atom stereocenters. The number of hydrogen-bond acceptors (Lipinski definition) is 1. The molecule has 0 radical (unpaired) electrons. The van der Waals surface area contributed by atoms with E-state index in [-0.39, 0.29) is 10.9 Å². The Balaban J connectivity index is 2.71. The minimum Gasteiger partial charge on any atom is -0.264 e. The number of rotatable bonds is 5. The van der Waals surface area contributed by atoms with Gasteiger partial charge in [-0.15, -0.1) is 11.6 Å². The highest BCUT2D eigenvalue weighted by Crippen LogP contribution is 2.32. The zero-order valence-corrected chi connectivity index (χ0v) is 10.4. The maximum atomic E-state index is 12.7. The molecule has 96 valence electrons. The second-order valence-corrected chi connectivity index (χ2v) is 4.57. The quantitative estimate of drug-likeness (QED) is 0.717. The van der Waals surface area contributed by atoms with Gasteiger partial charge in [0.1, 0.15) is 0 Å². The lowest BCUT2D eigenvalue weighted by molar-refractivity contribution is -0.138. The smallest absolute Gasteiger partial charge is 0.264 e. The van der Waals surface area contributed by atoms with Crippen molar-refractivity contribution in [3.8, 4) is 0 Å². The molecule has 1 nitrogen and oxygen atoms in total. The fourth-order valence-corrected chi connectivity index (χ4v) is 2.00. The monoisotopic (exact) mass is 265 g/mol. The van der Waals surface area contributed by atoms with Gasteiger partial charge in [-0.1, -0.05) is 13.3 Å². The van der Waals surface area contributed by atoms with Crippen LogP contribution in [-0.4, -0.2) is 10.4 Å². The van der Waals surface area contributed by atoms with Crippen LogP contribution in [0.3, 0.4) is 0 Å². The summed E-state index contributed by atoms with van der Waals surface area (Å²) in [6, 6.07) is 1.01. The maximum Gasteiger partial charge on any atom is 0.416 e. The van der Waals surface area contributed by atoms with Gasteiger partial charge in [-0.05, 0) is 30.9 Å². The minimum atomic E-state index is -4.31. The highest BCUT2D eigenvalue weighted by molar-refractivity contribution is 6.20. The predicted octanol–water partition coefficient (Wildman–Crippen LogP) is 4.44. The first-order valence-corrected chi connectivity index (χ1v) is 6.03. The SMILES string of the molecule is CCCC(Cl)CCc1cnccc1C(F)(F)F. The Morgan fingerprint density at radius 3 is 2.65 bits per heavy atom. The molecular formula is C12H15ClF3N. The van der Waals surface area contributed by atoms with Gasteiger partial charge in [0, 0.05) is 17.8 Å². The van der Waals surface area contributed by atoms with Gasteiger partial charge in [0.2, 0.25) is 0 Å². The zero-order valence-electron chi connectivity index (χ0n) is 9.60. The predicted molar refractivity (Wildman–Crippen MR) is 62.1 cm³/mol. The van der Waals surface area contributed by atoms with Crippen molar-refractivity contribution in [2.75, 3.05) is 0 Å². The summed E-state index contributed by atoms with van der Waals surface area (Å²) >= 11 is 6.00. The van der Waals surface area contributed by atoms with E-state index in [0.29, 0.717) is 12.8 Å². The van der Waals surface area contributed by atoms with Crippen LogP contribution in [0.25, 0.3) is 0 Å². The molecule has 1 unspecified atom stereocenters. The number of halogens is 4. The van der Waals surface area contributed by atoms with Crippen LogP contribution < -0.4 is 0 Å². The third kappa shape index (κ3) is 4.54. The highest BCUT2D eigenvalue weighted by atomic mass is 35.5. The van der Waals surface area contributed by atoms with Gasteiger partial charge < -0.3 is 0 Å². The molecule has 1 rings (SSSR count). The van der Waals surface area contributed by atoms with Crippen LogP contribution in [0.5, 0.6) is 0 Å². The molecule has 0 amide bonds. The molecule has 0 aliphatic carbocycles. The lowest BCUT2D eigenvalue weighted by atomic mass is 10.0. The summed E-state index contributed by atoms with van der Waals surface area (Å²) in [7, 11) is 0. The Hall–Kier alpha value is -0.770. The van der Waals surface area contributed by atoms with Gasteiger partial charge >= 0.3 is 6.18 Å². The second-order valence-electron chi connectivity index (χ2n) is 3.96. The van der Waals surface area contributed by atoms with Crippen LogP contribution in [0.2, 0.25) is 0 Å². The van der Waals surface area contributed by atoms with Gasteiger partial charge in [-0.25, -0.2) is 0 Å². The number of aryl methyl sites for hydroxylation is 1. The van der Waals surface area contributed by atoms with Gasteiger partial charge in [0.05, 0.1) is 5.56 Å². The van der Waals surface area contributed by atoms with E-state index in [9.17, 15) is 13.2 Å². The zero-order chi connectivity index (χ0) is 12.9. The number of pyridine rings is 1. The molecule has 5 heteroatoms. The van der Waals surface area contributed by atoms with E-state index in [1.807, 2.05) is 6.92 Å². The molecule has 0 aliphatic heterocycles. The van der Waals surface area contributed by atoms with E-state index in [1.165, 1.54) is 6.20 Å². The van der Waals surface area contributed by atoms with Gasteiger partial charge in [0.25, 0.3) is 0 Å². The standard InChI is InChI=1S/C12H15ClF3N/c1-2-3-10(13)5-4-9-8-17-7-6-11(9)12(14,15)16/h6-8,10H,2-5H2,1H3. The lowest BCUT2D eigenvalue weighted by Crippen LogP contribution is -2.11. The van der Waals surface area contributed by atoms with E-state index >= 15 is 0 Å². The highest BCUT2D eigenvalue weighted by Gasteiger charge is 2.33. The number of alkyl halides is 4. The summed E-state index contributed by atoms with van der Waals surface area (Å²) in [5.74, 6) is 0. The van der Waals surface area contributed by atoms with E-state index in [4.69, 9.17) is 11.6 Å². The fraction of sp³-hybridized carbons (Fsp3) is 0.583. The molecule has 0 aliphatic rings. The topological polar surface area (TPSA) is 12.9 Å². The maximum absolute atomic E-state index is 12.7. The van der Waals surface area contributed by atoms with Crippen LogP contribution in [0, 0.1) is 0 Å². The number of hydrogen-bond donors (Lipinski definition) is 0. The van der Waals surface area contributed by atoms with Crippen LogP contribution in [0.15, 0.2) is 18.5 Å². The van der Waals surface area contributed by atoms with Crippen molar-refractivity contribution < 1.29 is 13.2 Å². The molecule has 0 saturated heterocycles.